The van der Waals surface area contributed by atoms with Gasteiger partial charge in [-0.15, -0.1) is 0 Å². The molecule has 2 aliphatic rings. The summed E-state index contributed by atoms with van der Waals surface area (Å²) < 4.78 is 5.47. The number of ether oxygens (including phenoxy) is 1. The highest BCUT2D eigenvalue weighted by molar-refractivity contribution is 5.69. The van der Waals surface area contributed by atoms with E-state index in [4.69, 9.17) is 4.74 Å². The molecule has 0 aromatic heterocycles. The summed E-state index contributed by atoms with van der Waals surface area (Å²) in [5.74, 6) is 0.679. The Hall–Kier alpha value is -0.770. The molecule has 98 valence electrons. The van der Waals surface area contributed by atoms with E-state index in [-0.39, 0.29) is 6.09 Å². The third kappa shape index (κ3) is 2.92. The van der Waals surface area contributed by atoms with Gasteiger partial charge in [0.1, 0.15) is 5.60 Å². The lowest BCUT2D eigenvalue weighted by molar-refractivity contribution is 0.0143. The molecule has 2 heterocycles. The normalized spacial score (nSPS) is 30.2. The number of amides is 1. The summed E-state index contributed by atoms with van der Waals surface area (Å²) in [6.45, 7) is 8.77. The fraction of sp³-hybridized carbons (Fsp3) is 0.923. The average Bonchev–Trinajstić information content (AvgIpc) is 2.57. The molecule has 17 heavy (non-hydrogen) atoms. The molecule has 0 radical (unpaired) electrons. The molecule has 2 atom stereocenters. The monoisotopic (exact) mass is 240 g/mol. The zero-order valence-electron chi connectivity index (χ0n) is 11.4. The molecular weight excluding hydrogens is 216 g/mol. The van der Waals surface area contributed by atoms with E-state index in [9.17, 15) is 4.79 Å². The molecule has 0 aromatic carbocycles. The van der Waals surface area contributed by atoms with Crippen LogP contribution in [0, 0.1) is 5.92 Å². The maximum atomic E-state index is 12.1. The highest BCUT2D eigenvalue weighted by Crippen LogP contribution is 2.32. The van der Waals surface area contributed by atoms with Gasteiger partial charge >= 0.3 is 6.09 Å². The van der Waals surface area contributed by atoms with Crippen LogP contribution in [0.3, 0.4) is 0 Å². The Morgan fingerprint density at radius 3 is 2.53 bits per heavy atom. The number of hydrogen-bond donors (Lipinski definition) is 0. The first-order valence-electron chi connectivity index (χ1n) is 6.55. The highest BCUT2D eigenvalue weighted by atomic mass is 16.6. The summed E-state index contributed by atoms with van der Waals surface area (Å²) in [4.78, 5) is 16.4. The maximum absolute atomic E-state index is 12.1. The van der Waals surface area contributed by atoms with Crippen LogP contribution in [0.4, 0.5) is 4.79 Å². The van der Waals surface area contributed by atoms with Crippen LogP contribution in [0.15, 0.2) is 0 Å². The first-order chi connectivity index (χ1) is 7.87. The van der Waals surface area contributed by atoms with Crippen molar-refractivity contribution in [2.45, 2.75) is 45.3 Å². The molecule has 2 aliphatic heterocycles. The topological polar surface area (TPSA) is 32.8 Å². The number of nitrogens with zero attached hydrogens (tertiary/aromatic N) is 2. The van der Waals surface area contributed by atoms with E-state index in [0.29, 0.717) is 12.0 Å². The summed E-state index contributed by atoms with van der Waals surface area (Å²) in [5, 5.41) is 0. The number of likely N-dealkylation sites (tertiary alicyclic amines) is 2. The fourth-order valence-electron chi connectivity index (χ4n) is 2.85. The minimum absolute atomic E-state index is 0.139. The lowest BCUT2D eigenvalue weighted by Crippen LogP contribution is -2.49. The second-order valence-corrected chi connectivity index (χ2v) is 6.34. The largest absolute Gasteiger partial charge is 0.444 e. The van der Waals surface area contributed by atoms with Crippen LogP contribution >= 0.6 is 0 Å². The van der Waals surface area contributed by atoms with Crippen molar-refractivity contribution in [1.29, 1.82) is 0 Å². The van der Waals surface area contributed by atoms with E-state index < -0.39 is 5.60 Å². The van der Waals surface area contributed by atoms with Crippen LogP contribution in [0.5, 0.6) is 0 Å². The Labute approximate surface area is 104 Å². The molecule has 2 rings (SSSR count). The van der Waals surface area contributed by atoms with Gasteiger partial charge in [-0.3, -0.25) is 0 Å². The average molecular weight is 240 g/mol. The highest BCUT2D eigenvalue weighted by Gasteiger charge is 2.41. The molecular formula is C13H24N2O2. The van der Waals surface area contributed by atoms with Gasteiger partial charge in [-0.25, -0.2) is 4.79 Å². The van der Waals surface area contributed by atoms with Gasteiger partial charge in [0.05, 0.1) is 6.04 Å². The maximum Gasteiger partial charge on any atom is 0.410 e. The molecule has 0 aliphatic carbocycles. The van der Waals surface area contributed by atoms with Gasteiger partial charge in [0.25, 0.3) is 0 Å². The molecule has 0 N–H and O–H groups in total. The number of carbonyl (C=O) groups excluding carboxylic acids is 1. The molecule has 0 spiro atoms. The third-order valence-electron chi connectivity index (χ3n) is 3.69. The minimum atomic E-state index is -0.393. The van der Waals surface area contributed by atoms with Gasteiger partial charge in [0, 0.05) is 13.1 Å². The molecule has 4 nitrogen and oxygen atoms in total. The van der Waals surface area contributed by atoms with Gasteiger partial charge < -0.3 is 14.5 Å². The number of likely N-dealkylation sites (N-methyl/N-ethyl adjacent to an activating group) is 1. The molecule has 2 saturated heterocycles. The predicted octanol–water partition coefficient (Wildman–Crippen LogP) is 1.95. The van der Waals surface area contributed by atoms with Crippen molar-refractivity contribution in [3.8, 4) is 0 Å². The van der Waals surface area contributed by atoms with Crippen LogP contribution in [-0.2, 0) is 4.74 Å². The van der Waals surface area contributed by atoms with Crippen LogP contribution in [-0.4, -0.2) is 54.2 Å². The first kappa shape index (κ1) is 12.7. The molecule has 0 bridgehead atoms. The Balaban J connectivity index is 1.99. The molecule has 4 heteroatoms. The molecule has 0 saturated carbocycles. The zero-order chi connectivity index (χ0) is 12.6. The number of piperidine rings is 1. The number of hydrogen-bond acceptors (Lipinski definition) is 3. The van der Waals surface area contributed by atoms with Crippen molar-refractivity contribution in [3.05, 3.63) is 0 Å². The Kier molecular flexibility index (Phi) is 3.34. The standard InChI is InChI=1S/C13H24N2O2/c1-13(2,3)17-12(16)15-8-6-10-5-7-14(4)9-11(10)15/h10-11H,5-9H2,1-4H3/t10-,11+/m1/s1. The van der Waals surface area contributed by atoms with Crippen molar-refractivity contribution in [2.24, 2.45) is 5.92 Å². The van der Waals surface area contributed by atoms with E-state index in [1.807, 2.05) is 25.7 Å². The van der Waals surface area contributed by atoms with E-state index in [1.54, 1.807) is 0 Å². The van der Waals surface area contributed by atoms with Crippen LogP contribution in [0.25, 0.3) is 0 Å². The second-order valence-electron chi connectivity index (χ2n) is 6.34. The summed E-state index contributed by atoms with van der Waals surface area (Å²) in [6, 6.07) is 0.364. The quantitative estimate of drug-likeness (QED) is 0.649. The van der Waals surface area contributed by atoms with Crippen LogP contribution in [0.1, 0.15) is 33.6 Å². The van der Waals surface area contributed by atoms with E-state index in [1.165, 1.54) is 6.42 Å². The SMILES string of the molecule is CN1CC[C@@H]2CCN(C(=O)OC(C)(C)C)[C@H]2C1. The summed E-state index contributed by atoms with van der Waals surface area (Å²) >= 11 is 0. The second kappa shape index (κ2) is 4.48. The van der Waals surface area contributed by atoms with E-state index >= 15 is 0 Å². The van der Waals surface area contributed by atoms with Crippen molar-refractivity contribution in [1.82, 2.24) is 9.80 Å². The summed E-state index contributed by atoms with van der Waals surface area (Å²) in [6.07, 6.45) is 2.21. The molecule has 0 unspecified atom stereocenters. The van der Waals surface area contributed by atoms with Crippen molar-refractivity contribution in [3.63, 3.8) is 0 Å². The lowest BCUT2D eigenvalue weighted by atomic mass is 9.92. The Morgan fingerprint density at radius 1 is 1.24 bits per heavy atom. The van der Waals surface area contributed by atoms with Gasteiger partial charge in [-0.2, -0.15) is 0 Å². The van der Waals surface area contributed by atoms with Gasteiger partial charge in [-0.05, 0) is 53.1 Å². The van der Waals surface area contributed by atoms with Gasteiger partial charge in [-0.1, -0.05) is 0 Å². The third-order valence-corrected chi connectivity index (χ3v) is 3.69. The smallest absolute Gasteiger partial charge is 0.410 e. The Morgan fingerprint density at radius 2 is 1.88 bits per heavy atom. The van der Waals surface area contributed by atoms with E-state index in [0.717, 1.165) is 26.1 Å². The zero-order valence-corrected chi connectivity index (χ0v) is 11.4. The number of carbonyl (C=O) groups is 1. The van der Waals surface area contributed by atoms with Crippen molar-refractivity contribution in [2.75, 3.05) is 26.7 Å². The van der Waals surface area contributed by atoms with E-state index in [2.05, 4.69) is 11.9 Å². The Bertz CT molecular complexity index is 298. The summed E-state index contributed by atoms with van der Waals surface area (Å²) in [7, 11) is 2.13. The predicted molar refractivity (Wildman–Crippen MR) is 66.9 cm³/mol. The summed E-state index contributed by atoms with van der Waals surface area (Å²) in [5.41, 5.74) is -0.393. The first-order valence-corrected chi connectivity index (χ1v) is 6.55. The lowest BCUT2D eigenvalue weighted by Gasteiger charge is -2.37. The van der Waals surface area contributed by atoms with Crippen molar-refractivity contribution >= 4 is 6.09 Å². The number of fused-ring (bicyclic) bond motifs is 1. The van der Waals surface area contributed by atoms with Crippen LogP contribution < -0.4 is 0 Å². The number of rotatable bonds is 0. The van der Waals surface area contributed by atoms with Crippen molar-refractivity contribution < 1.29 is 9.53 Å². The minimum Gasteiger partial charge on any atom is -0.444 e. The molecule has 0 aromatic rings. The van der Waals surface area contributed by atoms with Gasteiger partial charge in [0.15, 0.2) is 0 Å². The molecule has 2 fully saturated rings. The van der Waals surface area contributed by atoms with Gasteiger partial charge in [0.2, 0.25) is 0 Å². The fourth-order valence-corrected chi connectivity index (χ4v) is 2.85. The van der Waals surface area contributed by atoms with Crippen LogP contribution in [0.2, 0.25) is 0 Å². The molecule has 1 amide bonds.